The van der Waals surface area contributed by atoms with Crippen LogP contribution in [0.25, 0.3) is 0 Å². The third kappa shape index (κ3) is 3.59. The van der Waals surface area contributed by atoms with E-state index in [0.29, 0.717) is 0 Å². The predicted octanol–water partition coefficient (Wildman–Crippen LogP) is 3.48. The van der Waals surface area contributed by atoms with Gasteiger partial charge in [0.2, 0.25) is 0 Å². The van der Waals surface area contributed by atoms with Crippen LogP contribution in [0.3, 0.4) is 0 Å². The molecule has 2 aromatic carbocycles. The van der Waals surface area contributed by atoms with E-state index in [1.807, 2.05) is 56.6 Å². The monoisotopic (exact) mass is 378 g/mol. The van der Waals surface area contributed by atoms with Crippen molar-refractivity contribution in [3.8, 4) is 0 Å². The lowest BCUT2D eigenvalue weighted by atomic mass is 9.80. The van der Waals surface area contributed by atoms with E-state index in [1.165, 1.54) is 5.56 Å². The van der Waals surface area contributed by atoms with Gasteiger partial charge in [0.25, 0.3) is 0 Å². The molecule has 0 saturated carbocycles. The molecule has 0 bridgehead atoms. The third-order valence-electron chi connectivity index (χ3n) is 6.49. The number of carbonyl (C=O) groups is 1. The van der Waals surface area contributed by atoms with Crippen molar-refractivity contribution in [2.75, 3.05) is 38.6 Å². The van der Waals surface area contributed by atoms with Crippen LogP contribution in [-0.4, -0.2) is 49.5 Å². The van der Waals surface area contributed by atoms with Crippen molar-refractivity contribution in [3.05, 3.63) is 65.2 Å². The van der Waals surface area contributed by atoms with Crippen LogP contribution in [0.5, 0.6) is 0 Å². The van der Waals surface area contributed by atoms with Crippen molar-refractivity contribution in [3.63, 3.8) is 0 Å². The summed E-state index contributed by atoms with van der Waals surface area (Å²) in [6, 6.07) is 16.1. The first kappa shape index (κ1) is 19.2. The van der Waals surface area contributed by atoms with Crippen LogP contribution in [0.1, 0.15) is 40.7 Å². The second-order valence-electron chi connectivity index (χ2n) is 8.50. The average molecular weight is 379 g/mol. The Balaban J connectivity index is 1.41. The van der Waals surface area contributed by atoms with E-state index in [-0.39, 0.29) is 11.7 Å². The number of ketones is 1. The molecule has 1 fully saturated rings. The molecule has 0 radical (unpaired) electrons. The molecular formula is C24H30N2O2. The van der Waals surface area contributed by atoms with Gasteiger partial charge >= 0.3 is 0 Å². The fourth-order valence-electron chi connectivity index (χ4n) is 4.79. The van der Waals surface area contributed by atoms with Crippen molar-refractivity contribution >= 4 is 11.5 Å². The van der Waals surface area contributed by atoms with Gasteiger partial charge in [-0.2, -0.15) is 0 Å². The van der Waals surface area contributed by atoms with Gasteiger partial charge in [-0.15, -0.1) is 0 Å². The van der Waals surface area contributed by atoms with Crippen molar-refractivity contribution in [2.45, 2.75) is 31.3 Å². The fourth-order valence-corrected chi connectivity index (χ4v) is 4.79. The number of hydrogen-bond acceptors (Lipinski definition) is 4. The Labute approximate surface area is 167 Å². The van der Waals surface area contributed by atoms with E-state index >= 15 is 0 Å². The van der Waals surface area contributed by atoms with Gasteiger partial charge < -0.3 is 14.9 Å². The van der Waals surface area contributed by atoms with Crippen LogP contribution in [0, 0.1) is 5.92 Å². The number of aliphatic hydroxyl groups is 1. The minimum atomic E-state index is -0.735. The van der Waals surface area contributed by atoms with Gasteiger partial charge in [0, 0.05) is 50.9 Å². The quantitative estimate of drug-likeness (QED) is 0.885. The smallest absolute Gasteiger partial charge is 0.167 e. The standard InChI is InChI=1S/C24H30N2O2/c1-25(2)22-10-6-9-21-20(22)12-11-18(23(21)27)17-26-15-13-24(28,14-16-26)19-7-4-3-5-8-19/h3-10,18,28H,11-17H2,1-2H3. The number of carbonyl (C=O) groups excluding carboxylic acids is 1. The normalized spacial score (nSPS) is 22.0. The molecule has 1 aliphatic heterocycles. The summed E-state index contributed by atoms with van der Waals surface area (Å²) in [5.41, 5.74) is 3.54. The molecule has 2 aliphatic rings. The fraction of sp³-hybridized carbons (Fsp3) is 0.458. The second kappa shape index (κ2) is 7.69. The number of anilines is 1. The molecule has 1 atom stereocenters. The number of fused-ring (bicyclic) bond motifs is 1. The molecule has 2 aromatic rings. The molecule has 4 nitrogen and oxygen atoms in total. The lowest BCUT2D eigenvalue weighted by Gasteiger charge is -2.40. The van der Waals surface area contributed by atoms with E-state index in [4.69, 9.17) is 0 Å². The molecule has 0 spiro atoms. The summed E-state index contributed by atoms with van der Waals surface area (Å²) in [7, 11) is 4.07. The highest BCUT2D eigenvalue weighted by molar-refractivity contribution is 6.01. The Morgan fingerprint density at radius 1 is 1.07 bits per heavy atom. The van der Waals surface area contributed by atoms with Crippen molar-refractivity contribution in [1.29, 1.82) is 0 Å². The SMILES string of the molecule is CN(C)c1cccc2c1CCC(CN1CCC(O)(c3ccccc3)CC1)C2=O. The summed E-state index contributed by atoms with van der Waals surface area (Å²) in [4.78, 5) is 17.6. The zero-order valence-electron chi connectivity index (χ0n) is 16.9. The second-order valence-corrected chi connectivity index (χ2v) is 8.50. The first-order chi connectivity index (χ1) is 13.5. The molecule has 0 amide bonds. The van der Waals surface area contributed by atoms with Crippen molar-refractivity contribution in [2.24, 2.45) is 5.92 Å². The van der Waals surface area contributed by atoms with Crippen LogP contribution in [-0.2, 0) is 12.0 Å². The van der Waals surface area contributed by atoms with Gasteiger partial charge in [0.15, 0.2) is 5.78 Å². The van der Waals surface area contributed by atoms with Crippen molar-refractivity contribution in [1.82, 2.24) is 4.90 Å². The highest BCUT2D eigenvalue weighted by Gasteiger charge is 2.36. The van der Waals surface area contributed by atoms with Crippen LogP contribution < -0.4 is 4.90 Å². The summed E-state index contributed by atoms with van der Waals surface area (Å²) in [5, 5.41) is 11.0. The van der Waals surface area contributed by atoms with Crippen LogP contribution in [0.15, 0.2) is 48.5 Å². The zero-order chi connectivity index (χ0) is 19.7. The molecule has 4 rings (SSSR count). The molecule has 148 valence electrons. The van der Waals surface area contributed by atoms with E-state index in [9.17, 15) is 9.90 Å². The van der Waals surface area contributed by atoms with E-state index in [0.717, 1.165) is 62.1 Å². The number of likely N-dealkylation sites (tertiary alicyclic amines) is 1. The summed E-state index contributed by atoms with van der Waals surface area (Å²) in [5.74, 6) is 0.349. The predicted molar refractivity (Wildman–Crippen MR) is 113 cm³/mol. The van der Waals surface area contributed by atoms with E-state index in [1.54, 1.807) is 0 Å². The Kier molecular flexibility index (Phi) is 5.26. The minimum absolute atomic E-state index is 0.0628. The highest BCUT2D eigenvalue weighted by Crippen LogP contribution is 2.35. The molecule has 1 aliphatic carbocycles. The molecule has 1 saturated heterocycles. The average Bonchev–Trinajstić information content (AvgIpc) is 2.72. The molecule has 1 N–H and O–H groups in total. The van der Waals surface area contributed by atoms with Gasteiger partial charge in [-0.1, -0.05) is 42.5 Å². The van der Waals surface area contributed by atoms with Gasteiger partial charge in [-0.3, -0.25) is 4.79 Å². The lowest BCUT2D eigenvalue weighted by Crippen LogP contribution is -2.45. The molecule has 0 aromatic heterocycles. The third-order valence-corrected chi connectivity index (χ3v) is 6.49. The maximum Gasteiger partial charge on any atom is 0.167 e. The van der Waals surface area contributed by atoms with Crippen LogP contribution in [0.2, 0.25) is 0 Å². The number of hydrogen-bond donors (Lipinski definition) is 1. The first-order valence-electron chi connectivity index (χ1n) is 10.3. The first-order valence-corrected chi connectivity index (χ1v) is 10.3. The van der Waals surface area contributed by atoms with Gasteiger partial charge in [0.1, 0.15) is 0 Å². The topological polar surface area (TPSA) is 43.8 Å². The van der Waals surface area contributed by atoms with Gasteiger partial charge in [0.05, 0.1) is 5.60 Å². The maximum atomic E-state index is 13.1. The van der Waals surface area contributed by atoms with Gasteiger partial charge in [-0.25, -0.2) is 0 Å². The van der Waals surface area contributed by atoms with Crippen LogP contribution >= 0.6 is 0 Å². The molecular weight excluding hydrogens is 348 g/mol. The number of piperidine rings is 1. The Morgan fingerprint density at radius 3 is 2.46 bits per heavy atom. The zero-order valence-corrected chi connectivity index (χ0v) is 16.9. The number of Topliss-reactive ketones (excluding diaryl/α,β-unsaturated/α-hetero) is 1. The Bertz CT molecular complexity index is 839. The van der Waals surface area contributed by atoms with E-state index in [2.05, 4.69) is 15.9 Å². The number of nitrogens with zero attached hydrogens (tertiary/aromatic N) is 2. The number of benzene rings is 2. The Hall–Kier alpha value is -2.17. The maximum absolute atomic E-state index is 13.1. The van der Waals surface area contributed by atoms with E-state index < -0.39 is 5.60 Å². The summed E-state index contributed by atoms with van der Waals surface area (Å²) in [6.45, 7) is 2.47. The highest BCUT2D eigenvalue weighted by atomic mass is 16.3. The number of rotatable bonds is 4. The molecule has 1 unspecified atom stereocenters. The molecule has 28 heavy (non-hydrogen) atoms. The van der Waals surface area contributed by atoms with Crippen molar-refractivity contribution < 1.29 is 9.90 Å². The summed E-state index contributed by atoms with van der Waals surface area (Å²) < 4.78 is 0. The lowest BCUT2D eigenvalue weighted by molar-refractivity contribution is -0.0283. The molecule has 1 heterocycles. The largest absolute Gasteiger partial charge is 0.385 e. The molecule has 4 heteroatoms. The summed E-state index contributed by atoms with van der Waals surface area (Å²) in [6.07, 6.45) is 3.32. The Morgan fingerprint density at radius 2 is 1.79 bits per heavy atom. The van der Waals surface area contributed by atoms with Gasteiger partial charge in [-0.05, 0) is 42.9 Å². The van der Waals surface area contributed by atoms with Crippen LogP contribution in [0.4, 0.5) is 5.69 Å². The summed E-state index contributed by atoms with van der Waals surface area (Å²) >= 11 is 0. The minimum Gasteiger partial charge on any atom is -0.385 e.